The minimum Gasteiger partial charge on any atom is -0.315 e. The molecule has 1 aliphatic rings. The van der Waals surface area contributed by atoms with Gasteiger partial charge in [-0.15, -0.1) is 0 Å². The van der Waals surface area contributed by atoms with Crippen LogP contribution in [0.5, 0.6) is 0 Å². The summed E-state index contributed by atoms with van der Waals surface area (Å²) in [4.78, 5) is 4.97. The maximum atomic E-state index is 3.55. The van der Waals surface area contributed by atoms with Gasteiger partial charge in [-0.2, -0.15) is 0 Å². The van der Waals surface area contributed by atoms with E-state index in [0.29, 0.717) is 0 Å². The number of likely N-dealkylation sites (tertiary alicyclic amines) is 1. The topological polar surface area (TPSA) is 18.5 Å². The summed E-state index contributed by atoms with van der Waals surface area (Å²) in [6.45, 7) is 10.7. The predicted octanol–water partition coefficient (Wildman–Crippen LogP) is 1.65. The first-order valence-electron chi connectivity index (χ1n) is 7.19. The van der Waals surface area contributed by atoms with Crippen LogP contribution in [0.1, 0.15) is 33.1 Å². The van der Waals surface area contributed by atoms with E-state index in [0.717, 1.165) is 18.5 Å². The maximum Gasteiger partial charge on any atom is 0.0113 e. The Morgan fingerprint density at radius 1 is 1.18 bits per heavy atom. The van der Waals surface area contributed by atoms with E-state index in [9.17, 15) is 0 Å². The van der Waals surface area contributed by atoms with E-state index in [1.165, 1.54) is 45.4 Å². The number of nitrogens with one attached hydrogen (secondary N) is 1. The van der Waals surface area contributed by atoms with Crippen LogP contribution in [0.3, 0.4) is 0 Å². The maximum absolute atomic E-state index is 3.55. The zero-order chi connectivity index (χ0) is 12.7. The molecule has 0 spiro atoms. The molecule has 1 aliphatic heterocycles. The van der Waals surface area contributed by atoms with Crippen molar-refractivity contribution in [1.82, 2.24) is 15.1 Å². The summed E-state index contributed by atoms with van der Waals surface area (Å²) in [6.07, 6.45) is 3.96. The summed E-state index contributed by atoms with van der Waals surface area (Å²) in [6, 6.07) is 0.806. The molecule has 1 saturated heterocycles. The molecule has 3 nitrogen and oxygen atoms in total. The largest absolute Gasteiger partial charge is 0.315 e. The SMILES string of the molecule is CC(C)CCNCCN1CCC(N(C)C)CC1. The lowest BCUT2D eigenvalue weighted by atomic mass is 10.0. The van der Waals surface area contributed by atoms with E-state index in [-0.39, 0.29) is 0 Å². The molecule has 0 atom stereocenters. The van der Waals surface area contributed by atoms with Crippen LogP contribution >= 0.6 is 0 Å². The van der Waals surface area contributed by atoms with E-state index in [1.54, 1.807) is 0 Å². The third kappa shape index (κ3) is 6.39. The molecule has 0 unspecified atom stereocenters. The summed E-state index contributed by atoms with van der Waals surface area (Å²) < 4.78 is 0. The molecule has 17 heavy (non-hydrogen) atoms. The van der Waals surface area contributed by atoms with Gasteiger partial charge in [0.15, 0.2) is 0 Å². The molecule has 0 aliphatic carbocycles. The van der Waals surface area contributed by atoms with Crippen molar-refractivity contribution in [2.24, 2.45) is 5.92 Å². The molecule has 1 heterocycles. The first-order chi connectivity index (χ1) is 8.09. The summed E-state index contributed by atoms with van der Waals surface area (Å²) in [7, 11) is 4.40. The van der Waals surface area contributed by atoms with Gasteiger partial charge in [-0.05, 0) is 58.9 Å². The van der Waals surface area contributed by atoms with E-state index in [1.807, 2.05) is 0 Å². The Balaban J connectivity index is 1.99. The molecule has 0 amide bonds. The van der Waals surface area contributed by atoms with Gasteiger partial charge >= 0.3 is 0 Å². The average molecular weight is 241 g/mol. The van der Waals surface area contributed by atoms with Crippen LogP contribution in [0.4, 0.5) is 0 Å². The summed E-state index contributed by atoms with van der Waals surface area (Å²) in [5.41, 5.74) is 0. The molecule has 3 heteroatoms. The number of piperidine rings is 1. The van der Waals surface area contributed by atoms with Crippen LogP contribution in [0, 0.1) is 5.92 Å². The van der Waals surface area contributed by atoms with Gasteiger partial charge in [-0.3, -0.25) is 0 Å². The van der Waals surface area contributed by atoms with Gasteiger partial charge in [0.2, 0.25) is 0 Å². The van der Waals surface area contributed by atoms with Crippen molar-refractivity contribution < 1.29 is 0 Å². The van der Waals surface area contributed by atoms with Gasteiger partial charge in [0.05, 0.1) is 0 Å². The second kappa shape index (κ2) is 8.06. The Morgan fingerprint density at radius 3 is 2.35 bits per heavy atom. The zero-order valence-corrected chi connectivity index (χ0v) is 12.2. The third-order valence-corrected chi connectivity index (χ3v) is 3.79. The van der Waals surface area contributed by atoms with Crippen molar-refractivity contribution in [3.05, 3.63) is 0 Å². The normalized spacial score (nSPS) is 19.4. The Bertz CT molecular complexity index is 184. The summed E-state index contributed by atoms with van der Waals surface area (Å²) >= 11 is 0. The van der Waals surface area contributed by atoms with Crippen LogP contribution in [-0.4, -0.2) is 62.7 Å². The Morgan fingerprint density at radius 2 is 1.82 bits per heavy atom. The summed E-state index contributed by atoms with van der Waals surface area (Å²) in [5.74, 6) is 0.818. The van der Waals surface area contributed by atoms with Gasteiger partial charge in [0.1, 0.15) is 0 Å². The number of hydrogen-bond acceptors (Lipinski definition) is 3. The first kappa shape index (κ1) is 14.9. The standard InChI is InChI=1S/C14H31N3/c1-13(2)5-8-15-9-12-17-10-6-14(7-11-17)16(3)4/h13-15H,5-12H2,1-4H3. The van der Waals surface area contributed by atoms with Crippen molar-refractivity contribution in [2.75, 3.05) is 46.8 Å². The Kier molecular flexibility index (Phi) is 7.09. The van der Waals surface area contributed by atoms with Crippen LogP contribution < -0.4 is 5.32 Å². The molecular formula is C14H31N3. The quantitative estimate of drug-likeness (QED) is 0.684. The molecule has 0 bridgehead atoms. The highest BCUT2D eigenvalue weighted by Crippen LogP contribution is 2.13. The molecule has 0 aromatic heterocycles. The highest BCUT2D eigenvalue weighted by Gasteiger charge is 2.19. The first-order valence-corrected chi connectivity index (χ1v) is 7.19. The monoisotopic (exact) mass is 241 g/mol. The van der Waals surface area contributed by atoms with Crippen molar-refractivity contribution in [3.63, 3.8) is 0 Å². The highest BCUT2D eigenvalue weighted by atomic mass is 15.2. The minimum absolute atomic E-state index is 0.806. The van der Waals surface area contributed by atoms with Gasteiger partial charge in [0.25, 0.3) is 0 Å². The molecule has 1 fully saturated rings. The van der Waals surface area contributed by atoms with E-state index < -0.39 is 0 Å². The van der Waals surface area contributed by atoms with Gasteiger partial charge in [-0.25, -0.2) is 0 Å². The lowest BCUT2D eigenvalue weighted by molar-refractivity contribution is 0.145. The van der Waals surface area contributed by atoms with E-state index in [4.69, 9.17) is 0 Å². The number of rotatable bonds is 7. The fraction of sp³-hybridized carbons (Fsp3) is 1.00. The molecule has 102 valence electrons. The molecule has 0 aromatic rings. The summed E-state index contributed by atoms with van der Waals surface area (Å²) in [5, 5.41) is 3.55. The fourth-order valence-corrected chi connectivity index (χ4v) is 2.41. The predicted molar refractivity (Wildman–Crippen MR) is 75.5 cm³/mol. The highest BCUT2D eigenvalue weighted by molar-refractivity contribution is 4.77. The molecular weight excluding hydrogens is 210 g/mol. The van der Waals surface area contributed by atoms with Crippen molar-refractivity contribution >= 4 is 0 Å². The van der Waals surface area contributed by atoms with Gasteiger partial charge in [0, 0.05) is 19.1 Å². The van der Waals surface area contributed by atoms with Crippen LogP contribution in [-0.2, 0) is 0 Å². The zero-order valence-electron chi connectivity index (χ0n) is 12.2. The van der Waals surface area contributed by atoms with Crippen molar-refractivity contribution in [2.45, 2.75) is 39.2 Å². The van der Waals surface area contributed by atoms with Crippen molar-refractivity contribution in [1.29, 1.82) is 0 Å². The second-order valence-corrected chi connectivity index (χ2v) is 5.97. The molecule has 0 aromatic carbocycles. The fourth-order valence-electron chi connectivity index (χ4n) is 2.41. The minimum atomic E-state index is 0.806. The molecule has 1 rings (SSSR count). The van der Waals surface area contributed by atoms with Crippen LogP contribution in [0.25, 0.3) is 0 Å². The lowest BCUT2D eigenvalue weighted by Gasteiger charge is -2.35. The van der Waals surface area contributed by atoms with Gasteiger partial charge < -0.3 is 15.1 Å². The molecule has 0 radical (unpaired) electrons. The van der Waals surface area contributed by atoms with E-state index >= 15 is 0 Å². The molecule has 1 N–H and O–H groups in total. The smallest absolute Gasteiger partial charge is 0.0113 e. The lowest BCUT2D eigenvalue weighted by Crippen LogP contribution is -2.44. The van der Waals surface area contributed by atoms with Crippen LogP contribution in [0.2, 0.25) is 0 Å². The van der Waals surface area contributed by atoms with Gasteiger partial charge in [-0.1, -0.05) is 13.8 Å². The van der Waals surface area contributed by atoms with Crippen molar-refractivity contribution in [3.8, 4) is 0 Å². The average Bonchev–Trinajstić information content (AvgIpc) is 2.29. The van der Waals surface area contributed by atoms with Crippen LogP contribution in [0.15, 0.2) is 0 Å². The molecule has 0 saturated carbocycles. The number of nitrogens with zero attached hydrogens (tertiary/aromatic N) is 2. The Hall–Kier alpha value is -0.120. The number of hydrogen-bond donors (Lipinski definition) is 1. The Labute approximate surface area is 108 Å². The van der Waals surface area contributed by atoms with E-state index in [2.05, 4.69) is 43.1 Å². The third-order valence-electron chi connectivity index (χ3n) is 3.79. The second-order valence-electron chi connectivity index (χ2n) is 5.97.